The van der Waals surface area contributed by atoms with Crippen molar-refractivity contribution in [3.05, 3.63) is 26.2 Å². The number of benzene rings is 1. The highest BCUT2D eigenvalue weighted by molar-refractivity contribution is 14.1. The van der Waals surface area contributed by atoms with Gasteiger partial charge >= 0.3 is 0 Å². The third kappa shape index (κ3) is 3.83. The summed E-state index contributed by atoms with van der Waals surface area (Å²) in [5, 5.41) is 3.64. The van der Waals surface area contributed by atoms with Gasteiger partial charge in [-0.05, 0) is 66.5 Å². The van der Waals surface area contributed by atoms with Crippen LogP contribution in [0, 0.1) is 3.57 Å². The molecule has 1 aliphatic rings. The van der Waals surface area contributed by atoms with Gasteiger partial charge < -0.3 is 10.1 Å². The van der Waals surface area contributed by atoms with Crippen molar-refractivity contribution in [2.45, 2.75) is 37.8 Å². The van der Waals surface area contributed by atoms with E-state index in [0.717, 1.165) is 10.9 Å². The first-order chi connectivity index (χ1) is 8.19. The van der Waals surface area contributed by atoms with Gasteiger partial charge in [-0.3, -0.25) is 0 Å². The SMILES string of the molecule is COC1CCCC(Nc2cc(Br)ccc2I)C1. The molecular formula is C13H17BrINO. The summed E-state index contributed by atoms with van der Waals surface area (Å²) in [6.07, 6.45) is 5.22. The van der Waals surface area contributed by atoms with E-state index in [1.54, 1.807) is 0 Å². The van der Waals surface area contributed by atoms with E-state index >= 15 is 0 Å². The molecule has 94 valence electrons. The van der Waals surface area contributed by atoms with Crippen LogP contribution in [0.4, 0.5) is 5.69 Å². The summed E-state index contributed by atoms with van der Waals surface area (Å²) in [6, 6.07) is 6.89. The molecule has 2 unspecified atom stereocenters. The number of anilines is 1. The molecule has 0 radical (unpaired) electrons. The molecular weight excluding hydrogens is 393 g/mol. The number of methoxy groups -OCH3 is 1. The maximum absolute atomic E-state index is 5.46. The Morgan fingerprint density at radius 1 is 1.41 bits per heavy atom. The van der Waals surface area contributed by atoms with Crippen molar-refractivity contribution >= 4 is 44.2 Å². The first-order valence-corrected chi connectivity index (χ1v) is 7.80. The zero-order valence-electron chi connectivity index (χ0n) is 9.88. The Balaban J connectivity index is 2.02. The van der Waals surface area contributed by atoms with E-state index in [1.807, 2.05) is 7.11 Å². The predicted molar refractivity (Wildman–Crippen MR) is 83.5 cm³/mol. The normalized spacial score (nSPS) is 24.6. The molecule has 1 N–H and O–H groups in total. The molecule has 0 saturated heterocycles. The highest BCUT2D eigenvalue weighted by Gasteiger charge is 2.21. The van der Waals surface area contributed by atoms with Gasteiger partial charge in [0.05, 0.1) is 6.10 Å². The fourth-order valence-electron chi connectivity index (χ4n) is 2.32. The fraction of sp³-hybridized carbons (Fsp3) is 0.538. The van der Waals surface area contributed by atoms with Crippen molar-refractivity contribution in [3.8, 4) is 0 Å². The monoisotopic (exact) mass is 409 g/mol. The summed E-state index contributed by atoms with van der Waals surface area (Å²) in [5.41, 5.74) is 1.22. The van der Waals surface area contributed by atoms with Crippen molar-refractivity contribution < 1.29 is 4.74 Å². The topological polar surface area (TPSA) is 21.3 Å². The molecule has 1 aromatic rings. The van der Waals surface area contributed by atoms with Gasteiger partial charge in [0.1, 0.15) is 0 Å². The molecule has 1 saturated carbocycles. The summed E-state index contributed by atoms with van der Waals surface area (Å²) < 4.78 is 7.86. The standard InChI is InChI=1S/C13H17BrINO/c1-17-11-4-2-3-10(8-11)16-13-7-9(14)5-6-12(13)15/h5-7,10-11,16H,2-4,8H2,1H3. The number of nitrogens with one attached hydrogen (secondary N) is 1. The third-order valence-corrected chi connectivity index (χ3v) is 4.68. The zero-order valence-corrected chi connectivity index (χ0v) is 13.6. The molecule has 0 heterocycles. The summed E-state index contributed by atoms with van der Waals surface area (Å²) in [4.78, 5) is 0. The van der Waals surface area contributed by atoms with E-state index in [9.17, 15) is 0 Å². The molecule has 0 aromatic heterocycles. The van der Waals surface area contributed by atoms with Crippen LogP contribution in [0.3, 0.4) is 0 Å². The van der Waals surface area contributed by atoms with Crippen LogP contribution in [-0.2, 0) is 4.74 Å². The number of hydrogen-bond donors (Lipinski definition) is 1. The highest BCUT2D eigenvalue weighted by Crippen LogP contribution is 2.28. The minimum atomic E-state index is 0.422. The smallest absolute Gasteiger partial charge is 0.0590 e. The van der Waals surface area contributed by atoms with Crippen LogP contribution >= 0.6 is 38.5 Å². The molecule has 1 aromatic carbocycles. The van der Waals surface area contributed by atoms with Gasteiger partial charge in [0, 0.05) is 26.9 Å². The lowest BCUT2D eigenvalue weighted by molar-refractivity contribution is 0.0669. The first kappa shape index (κ1) is 13.6. The number of halogens is 2. The van der Waals surface area contributed by atoms with Gasteiger partial charge in [-0.1, -0.05) is 15.9 Å². The maximum Gasteiger partial charge on any atom is 0.0590 e. The van der Waals surface area contributed by atoms with Crippen molar-refractivity contribution in [1.29, 1.82) is 0 Å². The molecule has 1 aliphatic carbocycles. The summed E-state index contributed by atoms with van der Waals surface area (Å²) in [7, 11) is 1.82. The van der Waals surface area contributed by atoms with Crippen LogP contribution in [0.5, 0.6) is 0 Å². The fourth-order valence-corrected chi connectivity index (χ4v) is 3.17. The number of rotatable bonds is 3. The van der Waals surface area contributed by atoms with Gasteiger partial charge in [-0.15, -0.1) is 0 Å². The van der Waals surface area contributed by atoms with E-state index in [0.29, 0.717) is 12.1 Å². The van der Waals surface area contributed by atoms with Crippen LogP contribution in [0.15, 0.2) is 22.7 Å². The van der Waals surface area contributed by atoms with Crippen molar-refractivity contribution in [3.63, 3.8) is 0 Å². The van der Waals surface area contributed by atoms with E-state index in [2.05, 4.69) is 62.0 Å². The minimum Gasteiger partial charge on any atom is -0.381 e. The molecule has 17 heavy (non-hydrogen) atoms. The van der Waals surface area contributed by atoms with Crippen LogP contribution in [0.2, 0.25) is 0 Å². The second-order valence-electron chi connectivity index (χ2n) is 4.49. The number of hydrogen-bond acceptors (Lipinski definition) is 2. The Morgan fingerprint density at radius 2 is 2.24 bits per heavy atom. The second-order valence-corrected chi connectivity index (χ2v) is 6.57. The average molecular weight is 410 g/mol. The van der Waals surface area contributed by atoms with E-state index < -0.39 is 0 Å². The molecule has 2 nitrogen and oxygen atoms in total. The zero-order chi connectivity index (χ0) is 12.3. The van der Waals surface area contributed by atoms with Gasteiger partial charge in [0.25, 0.3) is 0 Å². The van der Waals surface area contributed by atoms with Crippen LogP contribution in [0.25, 0.3) is 0 Å². The molecule has 2 rings (SSSR count). The van der Waals surface area contributed by atoms with E-state index in [-0.39, 0.29) is 0 Å². The lowest BCUT2D eigenvalue weighted by Gasteiger charge is -2.29. The van der Waals surface area contributed by atoms with E-state index in [1.165, 1.54) is 28.5 Å². The van der Waals surface area contributed by atoms with Crippen LogP contribution < -0.4 is 5.32 Å². The Hall–Kier alpha value is 0.190. The predicted octanol–water partition coefficient (Wildman–Crippen LogP) is 4.42. The van der Waals surface area contributed by atoms with Crippen LogP contribution in [0.1, 0.15) is 25.7 Å². The van der Waals surface area contributed by atoms with Crippen molar-refractivity contribution in [2.24, 2.45) is 0 Å². The average Bonchev–Trinajstić information content (AvgIpc) is 2.34. The second kappa shape index (κ2) is 6.38. The van der Waals surface area contributed by atoms with E-state index in [4.69, 9.17) is 4.74 Å². The first-order valence-electron chi connectivity index (χ1n) is 5.93. The molecule has 0 aliphatic heterocycles. The van der Waals surface area contributed by atoms with Crippen molar-refractivity contribution in [2.75, 3.05) is 12.4 Å². The Kier molecular flexibility index (Phi) is 5.11. The van der Waals surface area contributed by atoms with Gasteiger partial charge in [0.2, 0.25) is 0 Å². The molecule has 2 atom stereocenters. The van der Waals surface area contributed by atoms with Gasteiger partial charge in [-0.2, -0.15) is 0 Å². The highest BCUT2D eigenvalue weighted by atomic mass is 127. The minimum absolute atomic E-state index is 0.422. The third-order valence-electron chi connectivity index (χ3n) is 3.25. The van der Waals surface area contributed by atoms with Gasteiger partial charge in [-0.25, -0.2) is 0 Å². The number of ether oxygens (including phenoxy) is 1. The largest absolute Gasteiger partial charge is 0.381 e. The summed E-state index contributed by atoms with van der Waals surface area (Å²) in [5.74, 6) is 0. The molecule has 0 spiro atoms. The van der Waals surface area contributed by atoms with Crippen molar-refractivity contribution in [1.82, 2.24) is 0 Å². The Labute approximate surface area is 125 Å². The molecule has 4 heteroatoms. The summed E-state index contributed by atoms with van der Waals surface area (Å²) in [6.45, 7) is 0. The summed E-state index contributed by atoms with van der Waals surface area (Å²) >= 11 is 5.89. The lowest BCUT2D eigenvalue weighted by atomic mass is 9.92. The maximum atomic E-state index is 5.46. The molecule has 1 fully saturated rings. The molecule has 0 bridgehead atoms. The van der Waals surface area contributed by atoms with Gasteiger partial charge in [0.15, 0.2) is 0 Å². The lowest BCUT2D eigenvalue weighted by Crippen LogP contribution is -2.31. The quantitative estimate of drug-likeness (QED) is 0.746. The Morgan fingerprint density at radius 3 is 3.00 bits per heavy atom. The molecule has 0 amide bonds. The Bertz CT molecular complexity index is 386. The van der Waals surface area contributed by atoms with Crippen LogP contribution in [-0.4, -0.2) is 19.3 Å².